The van der Waals surface area contributed by atoms with E-state index in [4.69, 9.17) is 5.73 Å². The fourth-order valence-electron chi connectivity index (χ4n) is 4.99. The first-order chi connectivity index (χ1) is 18.4. The topological polar surface area (TPSA) is 110 Å². The van der Waals surface area contributed by atoms with Crippen LogP contribution in [0.1, 0.15) is 48.2 Å². The number of aryl methyl sites for hydroxylation is 1. The number of nitrogens with two attached hydrogens (primary N) is 1. The monoisotopic (exact) mass is 529 g/mol. The smallest absolute Gasteiger partial charge is 0.268 e. The average molecular weight is 530 g/mol. The van der Waals surface area contributed by atoms with Crippen molar-refractivity contribution in [2.24, 2.45) is 11.7 Å². The molecule has 3 amide bonds. The van der Waals surface area contributed by atoms with E-state index >= 15 is 0 Å². The molecule has 1 fully saturated rings. The molecule has 0 atom stereocenters. The normalized spacial score (nSPS) is 13.6. The number of benzene rings is 2. The van der Waals surface area contributed by atoms with Crippen LogP contribution in [0.5, 0.6) is 0 Å². The maximum Gasteiger partial charge on any atom is 0.268 e. The number of carbonyl (C=O) groups excluding carboxylic acids is 3. The quantitative estimate of drug-likeness (QED) is 0.301. The Kier molecular flexibility index (Phi) is 7.55. The molecule has 38 heavy (non-hydrogen) atoms. The molecule has 1 saturated carbocycles. The van der Waals surface area contributed by atoms with E-state index in [1.54, 1.807) is 22.6 Å². The van der Waals surface area contributed by atoms with Crippen LogP contribution in [-0.4, -0.2) is 34.3 Å². The Morgan fingerprint density at radius 2 is 1.84 bits per heavy atom. The van der Waals surface area contributed by atoms with Crippen LogP contribution < -0.4 is 16.0 Å². The first kappa shape index (κ1) is 25.7. The van der Waals surface area contributed by atoms with Gasteiger partial charge in [0.15, 0.2) is 0 Å². The third-order valence-corrected chi connectivity index (χ3v) is 8.26. The number of carbonyl (C=O) groups is 3. The first-order valence-electron chi connectivity index (χ1n) is 12.9. The van der Waals surface area contributed by atoms with Gasteiger partial charge in [-0.3, -0.25) is 19.7 Å². The number of nitrogens with one attached hydrogen (secondary N) is 1. The van der Waals surface area contributed by atoms with Crippen molar-refractivity contribution in [2.75, 3.05) is 17.3 Å². The molecule has 3 N–H and O–H groups in total. The fraction of sp³-hybridized carbons (Fsp3) is 0.310. The van der Waals surface area contributed by atoms with Crippen molar-refractivity contribution in [3.05, 3.63) is 65.5 Å². The van der Waals surface area contributed by atoms with Gasteiger partial charge in [-0.05, 0) is 54.7 Å². The highest BCUT2D eigenvalue weighted by molar-refractivity contribution is 7.17. The van der Waals surface area contributed by atoms with Crippen molar-refractivity contribution >= 4 is 51.7 Å². The average Bonchev–Trinajstić information content (AvgIpc) is 3.67. The van der Waals surface area contributed by atoms with Crippen LogP contribution in [-0.2, 0) is 16.1 Å². The second kappa shape index (κ2) is 11.2. The summed E-state index contributed by atoms with van der Waals surface area (Å²) in [7, 11) is 1.78. The van der Waals surface area contributed by atoms with E-state index in [2.05, 4.69) is 10.3 Å². The number of imidazole rings is 1. The molecule has 0 bridgehead atoms. The summed E-state index contributed by atoms with van der Waals surface area (Å²) in [6, 6.07) is 19.2. The van der Waals surface area contributed by atoms with Crippen molar-refractivity contribution in [1.29, 1.82) is 0 Å². The van der Waals surface area contributed by atoms with E-state index in [1.807, 2.05) is 54.6 Å². The van der Waals surface area contributed by atoms with Crippen LogP contribution in [0, 0.1) is 5.92 Å². The van der Waals surface area contributed by atoms with Gasteiger partial charge in [-0.1, -0.05) is 43.2 Å². The molecule has 0 radical (unpaired) electrons. The molecule has 0 spiro atoms. The number of hydrogen-bond donors (Lipinski definition) is 2. The zero-order chi connectivity index (χ0) is 26.6. The summed E-state index contributed by atoms with van der Waals surface area (Å²) in [4.78, 5) is 45.5. The Morgan fingerprint density at radius 3 is 2.58 bits per heavy atom. The van der Waals surface area contributed by atoms with Crippen molar-refractivity contribution < 1.29 is 14.4 Å². The maximum atomic E-state index is 13.2. The van der Waals surface area contributed by atoms with Crippen molar-refractivity contribution in [3.63, 3.8) is 0 Å². The summed E-state index contributed by atoms with van der Waals surface area (Å²) in [5.74, 6) is 0.159. The number of amides is 3. The van der Waals surface area contributed by atoms with E-state index in [0.717, 1.165) is 34.5 Å². The lowest BCUT2D eigenvalue weighted by atomic mass is 10.0. The molecule has 8 nitrogen and oxygen atoms in total. The Bertz CT molecular complexity index is 1470. The van der Waals surface area contributed by atoms with Gasteiger partial charge in [-0.25, -0.2) is 4.98 Å². The zero-order valence-electron chi connectivity index (χ0n) is 21.4. The van der Waals surface area contributed by atoms with Gasteiger partial charge >= 0.3 is 0 Å². The van der Waals surface area contributed by atoms with Gasteiger partial charge in [0.2, 0.25) is 17.8 Å². The van der Waals surface area contributed by atoms with Gasteiger partial charge in [0.1, 0.15) is 0 Å². The molecule has 5 rings (SSSR count). The lowest BCUT2D eigenvalue weighted by Gasteiger charge is -2.19. The number of nitrogens with zero attached hydrogens (tertiary/aromatic N) is 3. The minimum atomic E-state index is -0.441. The summed E-state index contributed by atoms with van der Waals surface area (Å²) in [5, 5.41) is 2.92. The van der Waals surface area contributed by atoms with E-state index in [1.165, 1.54) is 24.2 Å². The highest BCUT2D eigenvalue weighted by Crippen LogP contribution is 2.31. The minimum absolute atomic E-state index is 0.0878. The molecule has 1 aliphatic rings. The second-order valence-electron chi connectivity index (χ2n) is 9.77. The first-order valence-corrected chi connectivity index (χ1v) is 13.7. The number of primary amides is 1. The predicted molar refractivity (Wildman–Crippen MR) is 151 cm³/mol. The largest absolute Gasteiger partial charge is 0.370 e. The number of rotatable bonds is 9. The summed E-state index contributed by atoms with van der Waals surface area (Å²) < 4.78 is 1.79. The summed E-state index contributed by atoms with van der Waals surface area (Å²) in [6.07, 6.45) is 5.28. The minimum Gasteiger partial charge on any atom is -0.370 e. The van der Waals surface area contributed by atoms with Crippen LogP contribution in [0.4, 0.5) is 11.6 Å². The van der Waals surface area contributed by atoms with Crippen LogP contribution in [0.25, 0.3) is 21.5 Å². The Morgan fingerprint density at radius 1 is 1.08 bits per heavy atom. The number of aromatic nitrogens is 2. The molecule has 1 aliphatic carbocycles. The molecule has 196 valence electrons. The van der Waals surface area contributed by atoms with Crippen molar-refractivity contribution in [1.82, 2.24) is 9.55 Å². The predicted octanol–water partition coefficient (Wildman–Crippen LogP) is 5.44. The van der Waals surface area contributed by atoms with E-state index in [9.17, 15) is 14.4 Å². The van der Waals surface area contributed by atoms with E-state index < -0.39 is 5.91 Å². The molecule has 0 unspecified atom stereocenters. The highest BCUT2D eigenvalue weighted by Gasteiger charge is 2.22. The van der Waals surface area contributed by atoms with Gasteiger partial charge in [0.05, 0.1) is 15.9 Å². The van der Waals surface area contributed by atoms with Crippen molar-refractivity contribution in [3.8, 4) is 10.4 Å². The van der Waals surface area contributed by atoms with E-state index in [-0.39, 0.29) is 24.8 Å². The summed E-state index contributed by atoms with van der Waals surface area (Å²) in [6.45, 7) is 0.275. The molecule has 2 aromatic heterocycles. The van der Waals surface area contributed by atoms with Gasteiger partial charge in [0, 0.05) is 37.0 Å². The van der Waals surface area contributed by atoms with Gasteiger partial charge in [-0.15, -0.1) is 11.3 Å². The molecular weight excluding hydrogens is 498 g/mol. The van der Waals surface area contributed by atoms with Gasteiger partial charge < -0.3 is 15.2 Å². The number of hydrogen-bond acceptors (Lipinski definition) is 5. The van der Waals surface area contributed by atoms with Crippen molar-refractivity contribution in [2.45, 2.75) is 45.1 Å². The Labute approximate surface area is 225 Å². The number of thiophene rings is 1. The number of fused-ring (bicyclic) bond motifs is 1. The third kappa shape index (κ3) is 5.62. The Hall–Kier alpha value is -3.98. The molecule has 2 heterocycles. The third-order valence-electron chi connectivity index (χ3n) is 7.13. The molecular formula is C29H31N5O3S. The van der Waals surface area contributed by atoms with Gasteiger partial charge in [0.25, 0.3) is 5.91 Å². The van der Waals surface area contributed by atoms with Crippen LogP contribution in [0.3, 0.4) is 0 Å². The molecule has 0 aliphatic heterocycles. The van der Waals surface area contributed by atoms with E-state index in [0.29, 0.717) is 28.7 Å². The van der Waals surface area contributed by atoms with Crippen LogP contribution in [0.2, 0.25) is 0 Å². The maximum absolute atomic E-state index is 13.2. The molecule has 4 aromatic rings. The molecule has 9 heteroatoms. The Balaban J connectivity index is 1.39. The summed E-state index contributed by atoms with van der Waals surface area (Å²) >= 11 is 1.40. The number of anilines is 2. The summed E-state index contributed by atoms with van der Waals surface area (Å²) in [5.41, 5.74) is 8.57. The van der Waals surface area contributed by atoms with Gasteiger partial charge in [-0.2, -0.15) is 0 Å². The lowest BCUT2D eigenvalue weighted by molar-refractivity contribution is -0.119. The second-order valence-corrected chi connectivity index (χ2v) is 10.9. The fourth-order valence-corrected chi connectivity index (χ4v) is 5.90. The lowest BCUT2D eigenvalue weighted by Crippen LogP contribution is -2.27. The standard InChI is InChI=1S/C29H31N5O3S/c1-33(27(36)17-19-7-5-6-8-19)21-11-12-23-22(18-21)31-29(34(23)16-15-26(30)35)32-28(37)25-14-13-24(38-25)20-9-3-2-4-10-20/h2-4,9-14,18-19H,5-8,15-17H2,1H3,(H2,30,35)(H,31,32,37). The molecule has 2 aromatic carbocycles. The molecule has 0 saturated heterocycles. The highest BCUT2D eigenvalue weighted by atomic mass is 32.1. The SMILES string of the molecule is CN(C(=O)CC1CCCC1)c1ccc2c(c1)nc(NC(=O)c1ccc(-c3ccccc3)s1)n2CCC(N)=O. The van der Waals surface area contributed by atoms with Crippen LogP contribution >= 0.6 is 11.3 Å². The zero-order valence-corrected chi connectivity index (χ0v) is 22.2. The van der Waals surface area contributed by atoms with Crippen LogP contribution in [0.15, 0.2) is 60.7 Å².